The highest BCUT2D eigenvalue weighted by atomic mass is 32.2. The lowest BCUT2D eigenvalue weighted by molar-refractivity contribution is 0.0954. The summed E-state index contributed by atoms with van der Waals surface area (Å²) in [6, 6.07) is 7.45. The Hall–Kier alpha value is -1.40. The first-order valence-corrected chi connectivity index (χ1v) is 8.67. The molecule has 0 unspecified atom stereocenters. The zero-order valence-electron chi connectivity index (χ0n) is 13.1. The lowest BCUT2D eigenvalue weighted by atomic mass is 9.87. The second kappa shape index (κ2) is 7.04. The molecule has 118 valence electrons. The summed E-state index contributed by atoms with van der Waals surface area (Å²) < 4.78 is 24.8. The molecule has 5 nitrogen and oxygen atoms in total. The van der Waals surface area contributed by atoms with Gasteiger partial charge in [-0.25, -0.2) is 13.1 Å². The minimum atomic E-state index is -3.21. The second-order valence-corrected chi connectivity index (χ2v) is 7.98. The molecule has 0 aliphatic rings. The molecule has 1 rings (SSSR count). The van der Waals surface area contributed by atoms with Crippen LogP contribution in [0.15, 0.2) is 24.3 Å². The lowest BCUT2D eigenvalue weighted by Crippen LogP contribution is -2.35. The Morgan fingerprint density at radius 1 is 1.10 bits per heavy atom. The van der Waals surface area contributed by atoms with Gasteiger partial charge in [-0.2, -0.15) is 0 Å². The Balaban J connectivity index is 2.50. The van der Waals surface area contributed by atoms with Crippen molar-refractivity contribution < 1.29 is 13.2 Å². The van der Waals surface area contributed by atoms with E-state index in [9.17, 15) is 13.2 Å². The van der Waals surface area contributed by atoms with Crippen molar-refractivity contribution >= 4 is 15.9 Å². The van der Waals surface area contributed by atoms with Gasteiger partial charge in [-0.3, -0.25) is 4.79 Å². The number of amides is 1. The van der Waals surface area contributed by atoms with Crippen molar-refractivity contribution in [3.63, 3.8) is 0 Å². The van der Waals surface area contributed by atoms with Crippen molar-refractivity contribution in [2.24, 2.45) is 0 Å². The molecule has 21 heavy (non-hydrogen) atoms. The highest BCUT2D eigenvalue weighted by Crippen LogP contribution is 2.22. The summed E-state index contributed by atoms with van der Waals surface area (Å²) in [6.07, 6.45) is 0. The van der Waals surface area contributed by atoms with Crippen molar-refractivity contribution in [1.82, 2.24) is 10.0 Å². The molecule has 0 radical (unpaired) electrons. The van der Waals surface area contributed by atoms with Crippen molar-refractivity contribution in [1.29, 1.82) is 0 Å². The summed E-state index contributed by atoms with van der Waals surface area (Å²) in [5, 5.41) is 2.69. The first kappa shape index (κ1) is 17.7. The van der Waals surface area contributed by atoms with Crippen molar-refractivity contribution in [2.75, 3.05) is 18.8 Å². The van der Waals surface area contributed by atoms with Gasteiger partial charge in [0.15, 0.2) is 0 Å². The highest BCUT2D eigenvalue weighted by molar-refractivity contribution is 7.89. The van der Waals surface area contributed by atoms with Crippen LogP contribution in [0.25, 0.3) is 0 Å². The summed E-state index contributed by atoms with van der Waals surface area (Å²) in [6.45, 7) is 8.37. The fraction of sp³-hybridized carbons (Fsp3) is 0.533. The van der Waals surface area contributed by atoms with E-state index in [2.05, 4.69) is 30.8 Å². The largest absolute Gasteiger partial charge is 0.351 e. The normalized spacial score (nSPS) is 12.2. The highest BCUT2D eigenvalue weighted by Gasteiger charge is 2.14. The standard InChI is InChI=1S/C15H24N2O3S/c1-5-21(19,20)17-11-10-16-14(18)12-6-8-13(9-7-12)15(2,3)4/h6-9,17H,5,10-11H2,1-4H3,(H,16,18). The molecular formula is C15H24N2O3S. The van der Waals surface area contributed by atoms with Crippen LogP contribution in [0.5, 0.6) is 0 Å². The van der Waals surface area contributed by atoms with Gasteiger partial charge in [-0.1, -0.05) is 32.9 Å². The smallest absolute Gasteiger partial charge is 0.251 e. The molecule has 0 aromatic heterocycles. The van der Waals surface area contributed by atoms with E-state index < -0.39 is 10.0 Å². The average Bonchev–Trinajstić information content (AvgIpc) is 2.42. The minimum Gasteiger partial charge on any atom is -0.351 e. The zero-order chi connectivity index (χ0) is 16.1. The zero-order valence-corrected chi connectivity index (χ0v) is 13.9. The summed E-state index contributed by atoms with van der Waals surface area (Å²) in [7, 11) is -3.21. The summed E-state index contributed by atoms with van der Waals surface area (Å²) in [5.41, 5.74) is 1.78. The third kappa shape index (κ3) is 5.85. The molecular weight excluding hydrogens is 288 g/mol. The molecule has 2 N–H and O–H groups in total. The fourth-order valence-electron chi connectivity index (χ4n) is 1.71. The summed E-state index contributed by atoms with van der Waals surface area (Å²) in [4.78, 5) is 11.9. The van der Waals surface area contributed by atoms with E-state index in [1.807, 2.05) is 12.1 Å². The molecule has 0 atom stereocenters. The maximum absolute atomic E-state index is 11.9. The average molecular weight is 312 g/mol. The summed E-state index contributed by atoms with van der Waals surface area (Å²) >= 11 is 0. The quantitative estimate of drug-likeness (QED) is 0.784. The van der Waals surface area contributed by atoms with E-state index in [0.29, 0.717) is 5.56 Å². The van der Waals surface area contributed by atoms with Crippen LogP contribution in [-0.4, -0.2) is 33.2 Å². The Morgan fingerprint density at radius 3 is 2.14 bits per heavy atom. The number of nitrogens with one attached hydrogen (secondary N) is 2. The van der Waals surface area contributed by atoms with Crippen LogP contribution in [0.3, 0.4) is 0 Å². The van der Waals surface area contributed by atoms with Gasteiger partial charge in [0.25, 0.3) is 5.91 Å². The number of sulfonamides is 1. The first-order chi connectivity index (χ1) is 9.65. The molecule has 0 spiro atoms. The number of carbonyl (C=O) groups is 1. The molecule has 6 heteroatoms. The maximum Gasteiger partial charge on any atom is 0.251 e. The maximum atomic E-state index is 11.9. The predicted molar refractivity (Wildman–Crippen MR) is 84.9 cm³/mol. The van der Waals surface area contributed by atoms with Crippen LogP contribution >= 0.6 is 0 Å². The molecule has 0 fully saturated rings. The van der Waals surface area contributed by atoms with E-state index in [-0.39, 0.29) is 30.2 Å². The molecule has 0 saturated carbocycles. The van der Waals surface area contributed by atoms with Crippen molar-refractivity contribution in [3.05, 3.63) is 35.4 Å². The lowest BCUT2D eigenvalue weighted by Gasteiger charge is -2.19. The second-order valence-electron chi connectivity index (χ2n) is 5.88. The Bertz CT molecular complexity index is 572. The van der Waals surface area contributed by atoms with Gasteiger partial charge in [0, 0.05) is 18.7 Å². The van der Waals surface area contributed by atoms with Crippen LogP contribution in [0.2, 0.25) is 0 Å². The van der Waals surface area contributed by atoms with Gasteiger partial charge >= 0.3 is 0 Å². The van der Waals surface area contributed by atoms with Gasteiger partial charge in [0.1, 0.15) is 0 Å². The molecule has 0 bridgehead atoms. The number of carbonyl (C=O) groups excluding carboxylic acids is 1. The van der Waals surface area contributed by atoms with Gasteiger partial charge in [-0.05, 0) is 30.0 Å². The number of hydrogen-bond acceptors (Lipinski definition) is 3. The third-order valence-corrected chi connectivity index (χ3v) is 4.53. The predicted octanol–water partition coefficient (Wildman–Crippen LogP) is 1.65. The van der Waals surface area contributed by atoms with Gasteiger partial charge < -0.3 is 5.32 Å². The summed E-state index contributed by atoms with van der Waals surface area (Å²) in [5.74, 6) is -0.166. The third-order valence-electron chi connectivity index (χ3n) is 3.13. The van der Waals surface area contributed by atoms with Crippen LogP contribution in [0.1, 0.15) is 43.6 Å². The fourth-order valence-corrected chi connectivity index (χ4v) is 2.33. The number of rotatable bonds is 6. The van der Waals surface area contributed by atoms with Crippen LogP contribution in [-0.2, 0) is 15.4 Å². The Labute approximate surface area is 127 Å². The molecule has 1 amide bonds. The Kier molecular flexibility index (Phi) is 5.92. The molecule has 0 saturated heterocycles. The molecule has 0 aliphatic heterocycles. The SMILES string of the molecule is CCS(=O)(=O)NCCNC(=O)c1ccc(C(C)(C)C)cc1. The van der Waals surface area contributed by atoms with E-state index in [1.54, 1.807) is 19.1 Å². The van der Waals surface area contributed by atoms with Gasteiger partial charge in [-0.15, -0.1) is 0 Å². The molecule has 1 aromatic rings. The monoisotopic (exact) mass is 312 g/mol. The van der Waals surface area contributed by atoms with Gasteiger partial charge in [0.2, 0.25) is 10.0 Å². The van der Waals surface area contributed by atoms with Crippen LogP contribution < -0.4 is 10.0 Å². The van der Waals surface area contributed by atoms with Crippen molar-refractivity contribution in [2.45, 2.75) is 33.1 Å². The number of hydrogen-bond donors (Lipinski definition) is 2. The van der Waals surface area contributed by atoms with E-state index in [0.717, 1.165) is 5.56 Å². The molecule has 0 heterocycles. The van der Waals surface area contributed by atoms with Crippen LogP contribution in [0.4, 0.5) is 0 Å². The number of benzene rings is 1. The first-order valence-electron chi connectivity index (χ1n) is 7.02. The van der Waals surface area contributed by atoms with Crippen molar-refractivity contribution in [3.8, 4) is 0 Å². The van der Waals surface area contributed by atoms with E-state index in [4.69, 9.17) is 0 Å². The van der Waals surface area contributed by atoms with Crippen LogP contribution in [0, 0.1) is 0 Å². The minimum absolute atomic E-state index is 0.0369. The van der Waals surface area contributed by atoms with E-state index >= 15 is 0 Å². The topological polar surface area (TPSA) is 75.3 Å². The van der Waals surface area contributed by atoms with E-state index in [1.165, 1.54) is 0 Å². The molecule has 1 aromatic carbocycles. The molecule has 0 aliphatic carbocycles. The Morgan fingerprint density at radius 2 is 1.67 bits per heavy atom. The van der Waals surface area contributed by atoms with Gasteiger partial charge in [0.05, 0.1) is 5.75 Å².